The van der Waals surface area contributed by atoms with Crippen molar-refractivity contribution >= 4 is 11.4 Å². The first-order chi connectivity index (χ1) is 8.83. The highest BCUT2D eigenvalue weighted by atomic mass is 15.1. The molecule has 1 aromatic carbocycles. The van der Waals surface area contributed by atoms with E-state index in [2.05, 4.69) is 40.4 Å². The fourth-order valence-corrected chi connectivity index (χ4v) is 2.38. The normalized spacial score (nSPS) is 13.5. The van der Waals surface area contributed by atoms with Crippen LogP contribution in [-0.2, 0) is 13.0 Å². The molecule has 0 bridgehead atoms. The number of pyridine rings is 1. The van der Waals surface area contributed by atoms with Crippen LogP contribution in [0.25, 0.3) is 0 Å². The molecule has 0 amide bonds. The van der Waals surface area contributed by atoms with Crippen molar-refractivity contribution in [2.45, 2.75) is 13.0 Å². The van der Waals surface area contributed by atoms with E-state index in [1.807, 2.05) is 24.5 Å². The third-order valence-electron chi connectivity index (χ3n) is 3.45. The van der Waals surface area contributed by atoms with Gasteiger partial charge in [0.15, 0.2) is 0 Å². The van der Waals surface area contributed by atoms with Gasteiger partial charge in [0.05, 0.1) is 0 Å². The van der Waals surface area contributed by atoms with Crippen LogP contribution in [-0.4, -0.2) is 18.6 Å². The summed E-state index contributed by atoms with van der Waals surface area (Å²) in [6, 6.07) is 10.7. The van der Waals surface area contributed by atoms with E-state index in [1.165, 1.54) is 22.5 Å². The van der Waals surface area contributed by atoms with Crippen LogP contribution in [0.1, 0.15) is 11.1 Å². The highest BCUT2D eigenvalue weighted by molar-refractivity contribution is 5.63. The number of fused-ring (bicyclic) bond motifs is 1. The highest BCUT2D eigenvalue weighted by Gasteiger charge is 2.15. The fraction of sp³-hybridized carbons (Fsp3) is 0.267. The summed E-state index contributed by atoms with van der Waals surface area (Å²) in [7, 11) is 2.15. The Balaban J connectivity index is 1.71. The van der Waals surface area contributed by atoms with Crippen LogP contribution in [0, 0.1) is 0 Å². The Labute approximate surface area is 107 Å². The average Bonchev–Trinajstić information content (AvgIpc) is 2.79. The largest absolute Gasteiger partial charge is 0.381 e. The zero-order chi connectivity index (χ0) is 12.4. The lowest BCUT2D eigenvalue weighted by molar-refractivity contribution is 0.956. The predicted molar refractivity (Wildman–Crippen MR) is 75.0 cm³/mol. The topological polar surface area (TPSA) is 28.2 Å². The molecular weight excluding hydrogens is 222 g/mol. The first-order valence-corrected chi connectivity index (χ1v) is 6.30. The van der Waals surface area contributed by atoms with E-state index in [0.29, 0.717) is 0 Å². The molecule has 92 valence electrons. The molecule has 0 saturated heterocycles. The quantitative estimate of drug-likeness (QED) is 0.892. The summed E-state index contributed by atoms with van der Waals surface area (Å²) >= 11 is 0. The minimum Gasteiger partial charge on any atom is -0.381 e. The van der Waals surface area contributed by atoms with E-state index in [9.17, 15) is 0 Å². The zero-order valence-corrected chi connectivity index (χ0v) is 10.6. The standard InChI is InChI=1S/C15H17N3/c1-18-9-6-13-10-14(2-3-15(13)18)17-11-12-4-7-16-8-5-12/h2-5,7-8,10,17H,6,9,11H2,1H3. The monoisotopic (exact) mass is 239 g/mol. The molecule has 0 spiro atoms. The molecule has 3 nitrogen and oxygen atoms in total. The number of hydrogen-bond acceptors (Lipinski definition) is 3. The number of nitrogens with one attached hydrogen (secondary N) is 1. The van der Waals surface area contributed by atoms with Crippen molar-refractivity contribution in [2.24, 2.45) is 0 Å². The van der Waals surface area contributed by atoms with Crippen molar-refractivity contribution in [3.63, 3.8) is 0 Å². The summed E-state index contributed by atoms with van der Waals surface area (Å²) in [6.45, 7) is 1.97. The minimum absolute atomic E-state index is 0.844. The lowest BCUT2D eigenvalue weighted by Crippen LogP contribution is -2.12. The van der Waals surface area contributed by atoms with E-state index < -0.39 is 0 Å². The second kappa shape index (κ2) is 4.69. The molecule has 2 aromatic rings. The van der Waals surface area contributed by atoms with Crippen LogP contribution < -0.4 is 10.2 Å². The Morgan fingerprint density at radius 1 is 1.22 bits per heavy atom. The SMILES string of the molecule is CN1CCc2cc(NCc3ccncc3)ccc21. The van der Waals surface area contributed by atoms with Gasteiger partial charge in [-0.1, -0.05) is 0 Å². The zero-order valence-electron chi connectivity index (χ0n) is 10.6. The molecule has 0 fully saturated rings. The lowest BCUT2D eigenvalue weighted by Gasteiger charge is -2.13. The first kappa shape index (κ1) is 11.1. The van der Waals surface area contributed by atoms with E-state index in [0.717, 1.165) is 19.5 Å². The van der Waals surface area contributed by atoms with Gasteiger partial charge in [0, 0.05) is 43.9 Å². The van der Waals surface area contributed by atoms with E-state index in [1.54, 1.807) is 0 Å². The first-order valence-electron chi connectivity index (χ1n) is 6.30. The number of anilines is 2. The van der Waals surface area contributed by atoms with Gasteiger partial charge in [-0.25, -0.2) is 0 Å². The summed E-state index contributed by atoms with van der Waals surface area (Å²) in [6.07, 6.45) is 4.81. The fourth-order valence-electron chi connectivity index (χ4n) is 2.38. The molecule has 1 N–H and O–H groups in total. The Bertz CT molecular complexity index is 537. The van der Waals surface area contributed by atoms with Gasteiger partial charge in [0.1, 0.15) is 0 Å². The predicted octanol–water partition coefficient (Wildman–Crippen LogP) is 2.69. The lowest BCUT2D eigenvalue weighted by atomic mass is 10.1. The molecule has 3 heteroatoms. The van der Waals surface area contributed by atoms with Crippen molar-refractivity contribution in [1.82, 2.24) is 4.98 Å². The molecule has 3 rings (SSSR count). The van der Waals surface area contributed by atoms with Crippen molar-refractivity contribution in [2.75, 3.05) is 23.8 Å². The maximum Gasteiger partial charge on any atom is 0.0401 e. The Hall–Kier alpha value is -2.03. The Morgan fingerprint density at radius 2 is 2.06 bits per heavy atom. The summed E-state index contributed by atoms with van der Waals surface area (Å²) in [4.78, 5) is 6.33. The molecular formula is C15H17N3. The van der Waals surface area contributed by atoms with Gasteiger partial charge in [-0.15, -0.1) is 0 Å². The van der Waals surface area contributed by atoms with Gasteiger partial charge in [0.2, 0.25) is 0 Å². The Kier molecular flexibility index (Phi) is 2.89. The van der Waals surface area contributed by atoms with Crippen LogP contribution >= 0.6 is 0 Å². The summed E-state index contributed by atoms with van der Waals surface area (Å²) in [5, 5.41) is 3.46. The molecule has 18 heavy (non-hydrogen) atoms. The second-order valence-electron chi connectivity index (χ2n) is 4.72. The van der Waals surface area contributed by atoms with Crippen LogP contribution in [0.2, 0.25) is 0 Å². The Morgan fingerprint density at radius 3 is 2.89 bits per heavy atom. The number of nitrogens with zero attached hydrogens (tertiary/aromatic N) is 2. The smallest absolute Gasteiger partial charge is 0.0401 e. The molecule has 0 aliphatic carbocycles. The third-order valence-corrected chi connectivity index (χ3v) is 3.45. The summed E-state index contributed by atoms with van der Waals surface area (Å²) < 4.78 is 0. The molecule has 0 unspecified atom stereocenters. The number of benzene rings is 1. The van der Waals surface area contributed by atoms with Crippen LogP contribution in [0.3, 0.4) is 0 Å². The van der Waals surface area contributed by atoms with Crippen molar-refractivity contribution in [1.29, 1.82) is 0 Å². The molecule has 1 aliphatic rings. The van der Waals surface area contributed by atoms with E-state index in [-0.39, 0.29) is 0 Å². The maximum absolute atomic E-state index is 4.02. The van der Waals surface area contributed by atoms with Gasteiger partial charge in [0.25, 0.3) is 0 Å². The molecule has 2 heterocycles. The van der Waals surface area contributed by atoms with Crippen LogP contribution in [0.5, 0.6) is 0 Å². The summed E-state index contributed by atoms with van der Waals surface area (Å²) in [5.41, 5.74) is 5.25. The number of rotatable bonds is 3. The second-order valence-corrected chi connectivity index (χ2v) is 4.72. The van der Waals surface area contributed by atoms with Crippen molar-refractivity contribution in [3.05, 3.63) is 53.9 Å². The molecule has 0 radical (unpaired) electrons. The highest BCUT2D eigenvalue weighted by Crippen LogP contribution is 2.29. The number of aromatic nitrogens is 1. The van der Waals surface area contributed by atoms with Crippen molar-refractivity contribution in [3.8, 4) is 0 Å². The van der Waals surface area contributed by atoms with Gasteiger partial charge in [-0.05, 0) is 47.9 Å². The van der Waals surface area contributed by atoms with Gasteiger partial charge in [-0.3, -0.25) is 4.98 Å². The van der Waals surface area contributed by atoms with Crippen molar-refractivity contribution < 1.29 is 0 Å². The minimum atomic E-state index is 0.844. The van der Waals surface area contributed by atoms with E-state index in [4.69, 9.17) is 0 Å². The summed E-state index contributed by atoms with van der Waals surface area (Å²) in [5.74, 6) is 0. The molecule has 1 aliphatic heterocycles. The van der Waals surface area contributed by atoms with E-state index >= 15 is 0 Å². The van der Waals surface area contributed by atoms with Crippen LogP contribution in [0.4, 0.5) is 11.4 Å². The number of hydrogen-bond donors (Lipinski definition) is 1. The molecule has 0 atom stereocenters. The average molecular weight is 239 g/mol. The van der Waals surface area contributed by atoms with Gasteiger partial charge < -0.3 is 10.2 Å². The van der Waals surface area contributed by atoms with Gasteiger partial charge in [-0.2, -0.15) is 0 Å². The molecule has 1 aromatic heterocycles. The van der Waals surface area contributed by atoms with Gasteiger partial charge >= 0.3 is 0 Å². The van der Waals surface area contributed by atoms with Crippen LogP contribution in [0.15, 0.2) is 42.7 Å². The molecule has 0 saturated carbocycles. The number of likely N-dealkylation sites (N-methyl/N-ethyl adjacent to an activating group) is 1. The third kappa shape index (κ3) is 2.16. The maximum atomic E-state index is 4.02.